The highest BCUT2D eigenvalue weighted by Gasteiger charge is 2.16. The molecule has 2 rings (SSSR count). The second kappa shape index (κ2) is 6.65. The van der Waals surface area contributed by atoms with Crippen LogP contribution in [0.25, 0.3) is 0 Å². The number of halogens is 2. The van der Waals surface area contributed by atoms with Gasteiger partial charge in [0.15, 0.2) is 11.9 Å². The van der Waals surface area contributed by atoms with Crippen molar-refractivity contribution in [1.29, 1.82) is 0 Å². The molecule has 1 aromatic heterocycles. The normalized spacial score (nSPS) is 11.8. The van der Waals surface area contributed by atoms with E-state index < -0.39 is 6.10 Å². The minimum absolute atomic E-state index is 0.0543. The van der Waals surface area contributed by atoms with E-state index in [0.29, 0.717) is 11.4 Å². The van der Waals surface area contributed by atoms with Gasteiger partial charge in [0.2, 0.25) is 0 Å². The van der Waals surface area contributed by atoms with Gasteiger partial charge in [-0.3, -0.25) is 9.78 Å². The van der Waals surface area contributed by atoms with Gasteiger partial charge in [-0.1, -0.05) is 23.2 Å². The van der Waals surface area contributed by atoms with Crippen molar-refractivity contribution in [1.82, 2.24) is 4.98 Å². The van der Waals surface area contributed by atoms with Crippen molar-refractivity contribution in [3.05, 3.63) is 46.7 Å². The SMILES string of the molecule is C[C@@H](Oc1cccnc1)C(=O)Nc1cc(Cl)c(O)c(Cl)c1. The number of pyridine rings is 1. The van der Waals surface area contributed by atoms with Gasteiger partial charge in [-0.25, -0.2) is 0 Å². The van der Waals surface area contributed by atoms with Crippen LogP contribution in [-0.4, -0.2) is 22.1 Å². The number of rotatable bonds is 4. The van der Waals surface area contributed by atoms with Crippen LogP contribution >= 0.6 is 23.2 Å². The van der Waals surface area contributed by atoms with Gasteiger partial charge in [-0.05, 0) is 31.2 Å². The Morgan fingerprint density at radius 2 is 2.05 bits per heavy atom. The van der Waals surface area contributed by atoms with Gasteiger partial charge in [0.1, 0.15) is 5.75 Å². The van der Waals surface area contributed by atoms with Gasteiger partial charge in [0, 0.05) is 11.9 Å². The Balaban J connectivity index is 2.04. The van der Waals surface area contributed by atoms with Crippen LogP contribution in [0.3, 0.4) is 0 Å². The van der Waals surface area contributed by atoms with Crippen LogP contribution < -0.4 is 10.1 Å². The smallest absolute Gasteiger partial charge is 0.265 e. The molecule has 2 aromatic rings. The van der Waals surface area contributed by atoms with Crippen LogP contribution in [0.5, 0.6) is 11.5 Å². The molecular formula is C14H12Cl2N2O3. The third-order valence-electron chi connectivity index (χ3n) is 2.60. The van der Waals surface area contributed by atoms with Crippen LogP contribution in [0.1, 0.15) is 6.92 Å². The van der Waals surface area contributed by atoms with E-state index in [4.69, 9.17) is 27.9 Å². The van der Waals surface area contributed by atoms with Crippen LogP contribution in [0, 0.1) is 0 Å². The standard InChI is InChI=1S/C14H12Cl2N2O3/c1-8(21-10-3-2-4-17-7-10)14(20)18-9-5-11(15)13(19)12(16)6-9/h2-8,19H,1H3,(H,18,20)/t8-/m1/s1. The molecular weight excluding hydrogens is 315 g/mol. The first-order valence-corrected chi connectivity index (χ1v) is 6.78. The highest BCUT2D eigenvalue weighted by Crippen LogP contribution is 2.34. The van der Waals surface area contributed by atoms with Crippen molar-refractivity contribution in [3.63, 3.8) is 0 Å². The fraction of sp³-hybridized carbons (Fsp3) is 0.143. The number of nitrogens with one attached hydrogen (secondary N) is 1. The topological polar surface area (TPSA) is 71.5 Å². The Morgan fingerprint density at radius 3 is 2.62 bits per heavy atom. The summed E-state index contributed by atoms with van der Waals surface area (Å²) in [5.74, 6) is -0.116. The summed E-state index contributed by atoms with van der Waals surface area (Å²) in [5.41, 5.74) is 0.370. The van der Waals surface area contributed by atoms with E-state index >= 15 is 0 Å². The zero-order chi connectivity index (χ0) is 15.4. The van der Waals surface area contributed by atoms with Gasteiger partial charge in [-0.2, -0.15) is 0 Å². The second-order valence-electron chi connectivity index (χ2n) is 4.23. The number of aromatic nitrogens is 1. The van der Waals surface area contributed by atoms with E-state index in [1.54, 1.807) is 25.3 Å². The number of anilines is 1. The highest BCUT2D eigenvalue weighted by atomic mass is 35.5. The molecule has 1 atom stereocenters. The molecule has 0 fully saturated rings. The molecule has 110 valence electrons. The fourth-order valence-corrected chi connectivity index (χ4v) is 2.04. The molecule has 0 saturated heterocycles. The lowest BCUT2D eigenvalue weighted by molar-refractivity contribution is -0.122. The lowest BCUT2D eigenvalue weighted by Gasteiger charge is -2.15. The number of carbonyl (C=O) groups is 1. The molecule has 1 aromatic carbocycles. The Labute approximate surface area is 131 Å². The first kappa shape index (κ1) is 15.4. The summed E-state index contributed by atoms with van der Waals surface area (Å²) in [5, 5.41) is 12.2. The third-order valence-corrected chi connectivity index (χ3v) is 3.18. The van der Waals surface area contributed by atoms with Crippen LogP contribution in [0.2, 0.25) is 10.0 Å². The summed E-state index contributed by atoms with van der Waals surface area (Å²) >= 11 is 11.6. The van der Waals surface area contributed by atoms with Gasteiger partial charge >= 0.3 is 0 Å². The number of hydrogen-bond acceptors (Lipinski definition) is 4. The van der Waals surface area contributed by atoms with E-state index in [-0.39, 0.29) is 21.7 Å². The first-order chi connectivity index (χ1) is 9.97. The van der Waals surface area contributed by atoms with Crippen molar-refractivity contribution in [2.45, 2.75) is 13.0 Å². The molecule has 7 heteroatoms. The highest BCUT2D eigenvalue weighted by molar-refractivity contribution is 6.37. The molecule has 0 saturated carbocycles. The molecule has 0 radical (unpaired) electrons. The number of hydrogen-bond donors (Lipinski definition) is 2. The van der Waals surface area contributed by atoms with Crippen molar-refractivity contribution >= 4 is 34.8 Å². The van der Waals surface area contributed by atoms with Crippen LogP contribution in [0.4, 0.5) is 5.69 Å². The summed E-state index contributed by atoms with van der Waals surface area (Å²) in [6.07, 6.45) is 2.39. The molecule has 21 heavy (non-hydrogen) atoms. The Bertz CT molecular complexity index is 627. The number of phenols is 1. The van der Waals surface area contributed by atoms with Crippen molar-refractivity contribution in [2.75, 3.05) is 5.32 Å². The van der Waals surface area contributed by atoms with Crippen LogP contribution in [0.15, 0.2) is 36.7 Å². The molecule has 0 aliphatic heterocycles. The lowest BCUT2D eigenvalue weighted by Crippen LogP contribution is -2.30. The average molecular weight is 327 g/mol. The maximum atomic E-state index is 12.0. The number of benzene rings is 1. The molecule has 0 unspecified atom stereocenters. The molecule has 1 heterocycles. The predicted octanol–water partition coefficient (Wildman–Crippen LogP) is 3.50. The van der Waals surface area contributed by atoms with Crippen molar-refractivity contribution in [2.24, 2.45) is 0 Å². The Kier molecular flexibility index (Phi) is 4.88. The predicted molar refractivity (Wildman–Crippen MR) is 81.1 cm³/mol. The summed E-state index contributed by atoms with van der Waals surface area (Å²) in [6, 6.07) is 6.21. The Morgan fingerprint density at radius 1 is 1.38 bits per heavy atom. The van der Waals surface area contributed by atoms with Crippen molar-refractivity contribution in [3.8, 4) is 11.5 Å². The van der Waals surface area contributed by atoms with E-state index in [9.17, 15) is 9.90 Å². The zero-order valence-electron chi connectivity index (χ0n) is 11.0. The first-order valence-electron chi connectivity index (χ1n) is 6.03. The summed E-state index contributed by atoms with van der Waals surface area (Å²) in [7, 11) is 0. The molecule has 0 bridgehead atoms. The minimum atomic E-state index is -0.736. The lowest BCUT2D eigenvalue weighted by atomic mass is 10.2. The van der Waals surface area contributed by atoms with Gasteiger partial charge in [0.25, 0.3) is 5.91 Å². The summed E-state index contributed by atoms with van der Waals surface area (Å²) in [6.45, 7) is 1.60. The third kappa shape index (κ3) is 4.00. The minimum Gasteiger partial charge on any atom is -0.505 e. The number of carbonyl (C=O) groups excluding carboxylic acids is 1. The molecule has 0 spiro atoms. The van der Waals surface area contributed by atoms with Crippen LogP contribution in [-0.2, 0) is 4.79 Å². The van der Waals surface area contributed by atoms with E-state index in [0.717, 1.165) is 0 Å². The van der Waals surface area contributed by atoms with Gasteiger partial charge in [0.05, 0.1) is 16.2 Å². The summed E-state index contributed by atoms with van der Waals surface area (Å²) < 4.78 is 5.44. The average Bonchev–Trinajstić information content (AvgIpc) is 2.45. The van der Waals surface area contributed by atoms with Gasteiger partial charge < -0.3 is 15.2 Å². The number of amides is 1. The maximum Gasteiger partial charge on any atom is 0.265 e. The quantitative estimate of drug-likeness (QED) is 0.843. The summed E-state index contributed by atoms with van der Waals surface area (Å²) in [4.78, 5) is 15.9. The molecule has 0 aliphatic carbocycles. The fourth-order valence-electron chi connectivity index (χ4n) is 1.56. The largest absolute Gasteiger partial charge is 0.505 e. The zero-order valence-corrected chi connectivity index (χ0v) is 12.5. The number of aromatic hydroxyl groups is 1. The molecule has 5 nitrogen and oxygen atoms in total. The van der Waals surface area contributed by atoms with E-state index in [1.165, 1.54) is 18.3 Å². The number of phenolic OH excluding ortho intramolecular Hbond substituents is 1. The number of ether oxygens (including phenoxy) is 1. The molecule has 1 amide bonds. The Hall–Kier alpha value is -1.98. The number of nitrogens with zero attached hydrogens (tertiary/aromatic N) is 1. The van der Waals surface area contributed by atoms with Crippen molar-refractivity contribution < 1.29 is 14.6 Å². The monoisotopic (exact) mass is 326 g/mol. The molecule has 2 N–H and O–H groups in total. The second-order valence-corrected chi connectivity index (χ2v) is 5.04. The van der Waals surface area contributed by atoms with E-state index in [1.807, 2.05) is 0 Å². The molecule has 0 aliphatic rings. The van der Waals surface area contributed by atoms with Gasteiger partial charge in [-0.15, -0.1) is 0 Å². The maximum absolute atomic E-state index is 12.0. The van der Waals surface area contributed by atoms with E-state index in [2.05, 4.69) is 10.3 Å².